The normalized spacial score (nSPS) is 12.4. The first-order valence-electron chi connectivity index (χ1n) is 10.3. The van der Waals surface area contributed by atoms with Crippen LogP contribution in [0.3, 0.4) is 0 Å². The van der Waals surface area contributed by atoms with Gasteiger partial charge in [0.1, 0.15) is 11.5 Å². The zero-order chi connectivity index (χ0) is 22.1. The van der Waals surface area contributed by atoms with Crippen LogP contribution in [0.25, 0.3) is 5.00 Å². The molecular weight excluding hydrogens is 420 g/mol. The topological polar surface area (TPSA) is 84.2 Å². The van der Waals surface area contributed by atoms with Crippen LogP contribution in [0.2, 0.25) is 0 Å². The van der Waals surface area contributed by atoms with Crippen molar-refractivity contribution in [1.82, 2.24) is 20.1 Å². The molecule has 160 valence electrons. The van der Waals surface area contributed by atoms with Crippen LogP contribution in [0.1, 0.15) is 33.2 Å². The van der Waals surface area contributed by atoms with Gasteiger partial charge in [0, 0.05) is 21.7 Å². The van der Waals surface area contributed by atoms with Crippen LogP contribution in [-0.2, 0) is 13.1 Å². The molecule has 0 atom stereocenters. The molecule has 7 nitrogen and oxygen atoms in total. The predicted molar refractivity (Wildman–Crippen MR) is 127 cm³/mol. The molecule has 5 rings (SSSR count). The molecule has 2 N–H and O–H groups in total. The zero-order valence-corrected chi connectivity index (χ0v) is 18.6. The highest BCUT2D eigenvalue weighted by atomic mass is 32.1. The van der Waals surface area contributed by atoms with E-state index >= 15 is 0 Å². The van der Waals surface area contributed by atoms with Gasteiger partial charge in [-0.05, 0) is 37.6 Å². The van der Waals surface area contributed by atoms with Crippen molar-refractivity contribution in [2.45, 2.75) is 26.9 Å². The predicted octanol–water partition coefficient (Wildman–Crippen LogP) is 4.62. The second kappa shape index (κ2) is 8.39. The number of nitrogens with zero attached hydrogens (tertiary/aromatic N) is 4. The van der Waals surface area contributed by atoms with Crippen LogP contribution in [0, 0.1) is 13.8 Å². The minimum absolute atomic E-state index is 0.252. The fourth-order valence-electron chi connectivity index (χ4n) is 3.78. The standard InChI is InChI=1S/C24H22N6OS/c1-15-7-6-10-18(11-15)27-24(31)26-14-21-29-28-20-13-25-22(17-8-4-3-5-9-17)19-12-16(2)32-23(19)30(20)21/h3-12H,13-14H2,1-2H3,(H2,26,27,31). The number of thiophene rings is 1. The molecule has 1 aliphatic heterocycles. The van der Waals surface area contributed by atoms with Gasteiger partial charge < -0.3 is 10.6 Å². The lowest BCUT2D eigenvalue weighted by Gasteiger charge is -2.11. The van der Waals surface area contributed by atoms with Crippen LogP contribution in [0.5, 0.6) is 0 Å². The molecule has 2 amide bonds. The number of hydrogen-bond acceptors (Lipinski definition) is 5. The highest BCUT2D eigenvalue weighted by Gasteiger charge is 2.25. The molecule has 0 saturated heterocycles. The molecule has 4 aromatic rings. The number of benzene rings is 2. The largest absolute Gasteiger partial charge is 0.331 e. The summed E-state index contributed by atoms with van der Waals surface area (Å²) in [6.07, 6.45) is 0. The van der Waals surface area contributed by atoms with Crippen LogP contribution < -0.4 is 10.6 Å². The van der Waals surface area contributed by atoms with Crippen molar-refractivity contribution in [2.24, 2.45) is 4.99 Å². The third-order valence-electron chi connectivity index (χ3n) is 5.20. The van der Waals surface area contributed by atoms with E-state index in [-0.39, 0.29) is 12.6 Å². The summed E-state index contributed by atoms with van der Waals surface area (Å²) in [5, 5.41) is 15.5. The van der Waals surface area contributed by atoms with Gasteiger partial charge in [-0.3, -0.25) is 9.56 Å². The van der Waals surface area contributed by atoms with E-state index in [1.807, 2.05) is 54.0 Å². The number of urea groups is 1. The quantitative estimate of drug-likeness (QED) is 0.484. The Morgan fingerprint density at radius 1 is 1.06 bits per heavy atom. The van der Waals surface area contributed by atoms with E-state index in [4.69, 9.17) is 4.99 Å². The fourth-order valence-corrected chi connectivity index (χ4v) is 4.83. The fraction of sp³-hybridized carbons (Fsp3) is 0.167. The number of nitrogens with one attached hydrogen (secondary N) is 2. The molecular formula is C24H22N6OS. The van der Waals surface area contributed by atoms with Gasteiger partial charge in [0.2, 0.25) is 0 Å². The van der Waals surface area contributed by atoms with Gasteiger partial charge in [-0.1, -0.05) is 42.5 Å². The van der Waals surface area contributed by atoms with Crippen molar-refractivity contribution in [3.63, 3.8) is 0 Å². The number of aryl methyl sites for hydroxylation is 2. The number of hydrogen-bond donors (Lipinski definition) is 2. The Bertz CT molecular complexity index is 1320. The van der Waals surface area contributed by atoms with E-state index in [1.165, 1.54) is 4.88 Å². The van der Waals surface area contributed by atoms with Crippen molar-refractivity contribution in [2.75, 3.05) is 5.32 Å². The van der Waals surface area contributed by atoms with E-state index < -0.39 is 0 Å². The summed E-state index contributed by atoms with van der Waals surface area (Å²) in [5.41, 5.74) is 4.91. The molecule has 2 aromatic heterocycles. The Morgan fingerprint density at radius 2 is 1.91 bits per heavy atom. The average molecular weight is 443 g/mol. The number of rotatable bonds is 4. The molecule has 0 unspecified atom stereocenters. The van der Waals surface area contributed by atoms with Gasteiger partial charge in [-0.2, -0.15) is 0 Å². The van der Waals surface area contributed by atoms with Gasteiger partial charge in [-0.15, -0.1) is 21.5 Å². The van der Waals surface area contributed by atoms with Crippen molar-refractivity contribution in [3.05, 3.63) is 93.9 Å². The minimum atomic E-state index is -0.287. The molecule has 2 aromatic carbocycles. The average Bonchev–Trinajstić information content (AvgIpc) is 3.32. The Labute approximate surface area is 189 Å². The maximum Gasteiger partial charge on any atom is 0.319 e. The first-order valence-corrected chi connectivity index (χ1v) is 11.2. The second-order valence-electron chi connectivity index (χ2n) is 7.65. The van der Waals surface area contributed by atoms with Gasteiger partial charge >= 0.3 is 6.03 Å². The summed E-state index contributed by atoms with van der Waals surface area (Å²) in [6, 6.07) is 19.7. The lowest BCUT2D eigenvalue weighted by Crippen LogP contribution is -2.29. The molecule has 0 radical (unpaired) electrons. The summed E-state index contributed by atoms with van der Waals surface area (Å²) < 4.78 is 2.03. The zero-order valence-electron chi connectivity index (χ0n) is 17.8. The van der Waals surface area contributed by atoms with Gasteiger partial charge in [0.15, 0.2) is 11.6 Å². The lowest BCUT2D eigenvalue weighted by atomic mass is 10.0. The molecule has 0 fully saturated rings. The van der Waals surface area contributed by atoms with E-state index in [2.05, 4.69) is 46.0 Å². The summed E-state index contributed by atoms with van der Waals surface area (Å²) in [7, 11) is 0. The highest BCUT2D eigenvalue weighted by Crippen LogP contribution is 2.32. The monoisotopic (exact) mass is 442 g/mol. The highest BCUT2D eigenvalue weighted by molar-refractivity contribution is 7.15. The number of aromatic nitrogens is 3. The van der Waals surface area contributed by atoms with Gasteiger partial charge in [0.25, 0.3) is 0 Å². The second-order valence-corrected chi connectivity index (χ2v) is 8.89. The molecule has 0 spiro atoms. The smallest absolute Gasteiger partial charge is 0.319 e. The SMILES string of the molecule is Cc1cccc(NC(=O)NCc2nnc3n2-c2sc(C)cc2C(c2ccccc2)=NC3)c1. The Kier molecular flexibility index (Phi) is 5.28. The molecule has 0 saturated carbocycles. The first-order chi connectivity index (χ1) is 15.6. The van der Waals surface area contributed by atoms with Crippen molar-refractivity contribution in [1.29, 1.82) is 0 Å². The van der Waals surface area contributed by atoms with Crippen LogP contribution >= 0.6 is 11.3 Å². The van der Waals surface area contributed by atoms with E-state index in [0.29, 0.717) is 12.4 Å². The Hall–Kier alpha value is -3.78. The maximum absolute atomic E-state index is 12.4. The molecule has 0 bridgehead atoms. The molecule has 0 aliphatic carbocycles. The Balaban J connectivity index is 1.41. The van der Waals surface area contributed by atoms with Crippen molar-refractivity contribution >= 4 is 28.8 Å². The van der Waals surface area contributed by atoms with E-state index in [9.17, 15) is 4.79 Å². The third kappa shape index (κ3) is 3.92. The summed E-state index contributed by atoms with van der Waals surface area (Å²) in [5.74, 6) is 1.43. The molecule has 8 heteroatoms. The lowest BCUT2D eigenvalue weighted by molar-refractivity contribution is 0.251. The van der Waals surface area contributed by atoms with Crippen molar-refractivity contribution in [3.8, 4) is 5.00 Å². The van der Waals surface area contributed by atoms with Crippen LogP contribution in [0.15, 0.2) is 65.7 Å². The number of carbonyl (C=O) groups is 1. The summed E-state index contributed by atoms with van der Waals surface area (Å²) >= 11 is 1.68. The van der Waals surface area contributed by atoms with Crippen LogP contribution in [-0.4, -0.2) is 26.5 Å². The van der Waals surface area contributed by atoms with Crippen molar-refractivity contribution < 1.29 is 4.79 Å². The molecule has 32 heavy (non-hydrogen) atoms. The minimum Gasteiger partial charge on any atom is -0.331 e. The number of fused-ring (bicyclic) bond motifs is 3. The van der Waals surface area contributed by atoms with Gasteiger partial charge in [-0.25, -0.2) is 4.79 Å². The number of carbonyl (C=O) groups excluding carboxylic acids is 1. The summed E-state index contributed by atoms with van der Waals surface area (Å²) in [6.45, 7) is 4.74. The van der Waals surface area contributed by atoms with E-state index in [0.717, 1.165) is 38.9 Å². The summed E-state index contributed by atoms with van der Waals surface area (Å²) in [4.78, 5) is 18.5. The third-order valence-corrected chi connectivity index (χ3v) is 6.24. The Morgan fingerprint density at radius 3 is 2.72 bits per heavy atom. The first kappa shape index (κ1) is 20.1. The van der Waals surface area contributed by atoms with E-state index in [1.54, 1.807) is 11.3 Å². The molecule has 3 heterocycles. The number of anilines is 1. The van der Waals surface area contributed by atoms with Crippen LogP contribution in [0.4, 0.5) is 10.5 Å². The number of aliphatic imine (C=N–C) groups is 1. The number of amides is 2. The van der Waals surface area contributed by atoms with Gasteiger partial charge in [0.05, 0.1) is 12.3 Å². The maximum atomic E-state index is 12.4. The molecule has 1 aliphatic rings.